The number of likely N-dealkylation sites (N-methyl/N-ethyl adjacent to an activating group) is 1. The molecule has 0 aliphatic rings. The number of halogens is 1. The van der Waals surface area contributed by atoms with E-state index >= 15 is 0 Å². The average molecular weight is 435 g/mol. The normalized spacial score (nSPS) is 11.2. The number of nitrogens with zero attached hydrogens (tertiary/aromatic N) is 3. The van der Waals surface area contributed by atoms with Crippen molar-refractivity contribution in [1.82, 2.24) is 20.5 Å². The molecule has 0 saturated heterocycles. The van der Waals surface area contributed by atoms with Crippen molar-refractivity contribution in [1.29, 1.82) is 0 Å². The molecular weight excluding hydrogens is 405 g/mol. The number of aliphatic imine (C=N–C) groups is 1. The van der Waals surface area contributed by atoms with E-state index in [1.54, 1.807) is 14.2 Å². The Hall–Kier alpha value is -0.930. The van der Waals surface area contributed by atoms with Crippen LogP contribution in [0.5, 0.6) is 0 Å². The lowest BCUT2D eigenvalue weighted by molar-refractivity contribution is 0.161. The molecule has 0 amide bonds. The Morgan fingerprint density at radius 2 is 2.04 bits per heavy atom. The molecule has 1 aromatic rings. The molecule has 2 N–H and O–H groups in total. The molecule has 0 aliphatic heterocycles. The molecular formula is C16H30IN5O. The lowest BCUT2D eigenvalue weighted by atomic mass is 10.3. The number of pyridine rings is 1. The summed E-state index contributed by atoms with van der Waals surface area (Å²) in [6.07, 6.45) is 3.78. The maximum absolute atomic E-state index is 5.06. The SMILES string of the molecule is CN=C(NCCCN(C)CCOC)NCCc1ccccn1.I. The number of methoxy groups -OCH3 is 1. The Labute approximate surface area is 157 Å². The summed E-state index contributed by atoms with van der Waals surface area (Å²) < 4.78 is 5.06. The number of rotatable bonds is 10. The number of hydrogen-bond acceptors (Lipinski definition) is 4. The van der Waals surface area contributed by atoms with Gasteiger partial charge in [0.25, 0.3) is 0 Å². The van der Waals surface area contributed by atoms with Gasteiger partial charge >= 0.3 is 0 Å². The molecule has 0 radical (unpaired) electrons. The number of ether oxygens (including phenoxy) is 1. The maximum atomic E-state index is 5.06. The second-order valence-corrected chi connectivity index (χ2v) is 5.15. The first-order chi connectivity index (χ1) is 10.8. The summed E-state index contributed by atoms with van der Waals surface area (Å²) in [5, 5.41) is 6.63. The minimum Gasteiger partial charge on any atom is -0.383 e. The molecule has 1 aromatic heterocycles. The summed E-state index contributed by atoms with van der Waals surface area (Å²) in [5.74, 6) is 0.843. The monoisotopic (exact) mass is 435 g/mol. The van der Waals surface area contributed by atoms with Crippen LogP contribution in [0.3, 0.4) is 0 Å². The van der Waals surface area contributed by atoms with Gasteiger partial charge in [0.05, 0.1) is 6.61 Å². The maximum Gasteiger partial charge on any atom is 0.190 e. The van der Waals surface area contributed by atoms with Crippen molar-refractivity contribution >= 4 is 29.9 Å². The first-order valence-electron chi connectivity index (χ1n) is 7.78. The zero-order valence-electron chi connectivity index (χ0n) is 14.4. The van der Waals surface area contributed by atoms with Crippen LogP contribution in [0.25, 0.3) is 0 Å². The highest BCUT2D eigenvalue weighted by Crippen LogP contribution is 1.93. The zero-order chi connectivity index (χ0) is 16.0. The largest absolute Gasteiger partial charge is 0.383 e. The molecule has 1 rings (SSSR count). The summed E-state index contributed by atoms with van der Waals surface area (Å²) in [4.78, 5) is 10.8. The molecule has 0 aliphatic carbocycles. The van der Waals surface area contributed by atoms with Gasteiger partial charge in [-0.3, -0.25) is 9.98 Å². The molecule has 0 aromatic carbocycles. The first-order valence-corrected chi connectivity index (χ1v) is 7.78. The first kappa shape index (κ1) is 22.1. The van der Waals surface area contributed by atoms with Crippen LogP contribution in [0, 0.1) is 0 Å². The Morgan fingerprint density at radius 1 is 1.26 bits per heavy atom. The highest BCUT2D eigenvalue weighted by molar-refractivity contribution is 14.0. The van der Waals surface area contributed by atoms with Crippen LogP contribution in [-0.4, -0.2) is 69.8 Å². The highest BCUT2D eigenvalue weighted by Gasteiger charge is 2.00. The molecule has 0 spiro atoms. The summed E-state index contributed by atoms with van der Waals surface area (Å²) in [6, 6.07) is 5.98. The number of hydrogen-bond donors (Lipinski definition) is 2. The van der Waals surface area contributed by atoms with Gasteiger partial charge in [0, 0.05) is 52.1 Å². The summed E-state index contributed by atoms with van der Waals surface area (Å²) in [5.41, 5.74) is 1.09. The third-order valence-corrected chi connectivity index (χ3v) is 3.31. The predicted octanol–water partition coefficient (Wildman–Crippen LogP) is 1.38. The van der Waals surface area contributed by atoms with Crippen LogP contribution in [0.4, 0.5) is 0 Å². The predicted molar refractivity (Wildman–Crippen MR) is 107 cm³/mol. The Kier molecular flexibility index (Phi) is 14.1. The minimum atomic E-state index is 0. The van der Waals surface area contributed by atoms with Gasteiger partial charge in [-0.15, -0.1) is 24.0 Å². The summed E-state index contributed by atoms with van der Waals surface area (Å²) in [7, 11) is 5.63. The quantitative estimate of drug-likeness (QED) is 0.252. The van der Waals surface area contributed by atoms with E-state index in [4.69, 9.17) is 4.74 Å². The van der Waals surface area contributed by atoms with Crippen molar-refractivity contribution in [2.75, 3.05) is 54.0 Å². The van der Waals surface area contributed by atoms with Gasteiger partial charge in [-0.1, -0.05) is 6.07 Å². The summed E-state index contributed by atoms with van der Waals surface area (Å²) in [6.45, 7) is 4.51. The highest BCUT2D eigenvalue weighted by atomic mass is 127. The van der Waals surface area contributed by atoms with Gasteiger partial charge in [0.15, 0.2) is 5.96 Å². The van der Waals surface area contributed by atoms with Crippen molar-refractivity contribution in [2.24, 2.45) is 4.99 Å². The van der Waals surface area contributed by atoms with Crippen molar-refractivity contribution in [3.63, 3.8) is 0 Å². The minimum absolute atomic E-state index is 0. The molecule has 0 fully saturated rings. The van der Waals surface area contributed by atoms with E-state index in [1.165, 1.54) is 0 Å². The van der Waals surface area contributed by atoms with Crippen molar-refractivity contribution < 1.29 is 4.74 Å². The molecule has 7 heteroatoms. The van der Waals surface area contributed by atoms with Crippen molar-refractivity contribution in [3.05, 3.63) is 30.1 Å². The second-order valence-electron chi connectivity index (χ2n) is 5.15. The lowest BCUT2D eigenvalue weighted by Gasteiger charge is -2.17. The van der Waals surface area contributed by atoms with E-state index in [-0.39, 0.29) is 24.0 Å². The van der Waals surface area contributed by atoms with Crippen molar-refractivity contribution in [3.8, 4) is 0 Å². The van der Waals surface area contributed by atoms with Crippen LogP contribution < -0.4 is 10.6 Å². The zero-order valence-corrected chi connectivity index (χ0v) is 16.7. The van der Waals surface area contributed by atoms with Crippen LogP contribution in [-0.2, 0) is 11.2 Å². The number of aromatic nitrogens is 1. The Bertz CT molecular complexity index is 416. The third kappa shape index (κ3) is 11.3. The second kappa shape index (κ2) is 14.6. The molecule has 23 heavy (non-hydrogen) atoms. The van der Waals surface area contributed by atoms with Gasteiger partial charge in [-0.05, 0) is 32.1 Å². The Balaban J connectivity index is 0.00000484. The van der Waals surface area contributed by atoms with E-state index < -0.39 is 0 Å². The molecule has 0 atom stereocenters. The lowest BCUT2D eigenvalue weighted by Crippen LogP contribution is -2.39. The van der Waals surface area contributed by atoms with Gasteiger partial charge in [-0.2, -0.15) is 0 Å². The van der Waals surface area contributed by atoms with Crippen LogP contribution in [0.1, 0.15) is 12.1 Å². The van der Waals surface area contributed by atoms with Crippen LogP contribution in [0.15, 0.2) is 29.4 Å². The van der Waals surface area contributed by atoms with E-state index in [0.717, 1.165) is 57.3 Å². The van der Waals surface area contributed by atoms with Crippen molar-refractivity contribution in [2.45, 2.75) is 12.8 Å². The average Bonchev–Trinajstić information content (AvgIpc) is 2.56. The van der Waals surface area contributed by atoms with Gasteiger partial charge in [0.2, 0.25) is 0 Å². The van der Waals surface area contributed by atoms with Gasteiger partial charge in [-0.25, -0.2) is 0 Å². The van der Waals surface area contributed by atoms with E-state index in [9.17, 15) is 0 Å². The van der Waals surface area contributed by atoms with Crippen LogP contribution in [0.2, 0.25) is 0 Å². The smallest absolute Gasteiger partial charge is 0.190 e. The Morgan fingerprint density at radius 3 is 2.70 bits per heavy atom. The fraction of sp³-hybridized carbons (Fsp3) is 0.625. The summed E-state index contributed by atoms with van der Waals surface area (Å²) >= 11 is 0. The molecule has 0 unspecified atom stereocenters. The molecule has 1 heterocycles. The molecule has 132 valence electrons. The van der Waals surface area contributed by atoms with Gasteiger partial charge in [0.1, 0.15) is 0 Å². The standard InChI is InChI=1S/C16H29N5O.HI/c1-17-16(19-10-6-12-21(2)13-14-22-3)20-11-8-15-7-4-5-9-18-15;/h4-5,7,9H,6,8,10-14H2,1-3H3,(H2,17,19,20);1H. The molecule has 0 saturated carbocycles. The topological polar surface area (TPSA) is 61.8 Å². The van der Waals surface area contributed by atoms with E-state index in [0.29, 0.717) is 0 Å². The third-order valence-electron chi connectivity index (χ3n) is 3.31. The van der Waals surface area contributed by atoms with Crippen LogP contribution >= 0.6 is 24.0 Å². The fourth-order valence-corrected chi connectivity index (χ4v) is 1.99. The van der Waals surface area contributed by atoms with E-state index in [1.807, 2.05) is 24.4 Å². The molecule has 0 bridgehead atoms. The number of nitrogens with one attached hydrogen (secondary N) is 2. The van der Waals surface area contributed by atoms with E-state index in [2.05, 4.69) is 32.6 Å². The van der Waals surface area contributed by atoms with Gasteiger partial charge < -0.3 is 20.3 Å². The number of guanidine groups is 1. The molecule has 6 nitrogen and oxygen atoms in total. The fourth-order valence-electron chi connectivity index (χ4n) is 1.99.